The molecule has 96 valence electrons. The van der Waals surface area contributed by atoms with Crippen LogP contribution in [0.5, 0.6) is 11.6 Å². The Morgan fingerprint density at radius 2 is 2.12 bits per heavy atom. The van der Waals surface area contributed by atoms with E-state index in [1.807, 2.05) is 0 Å². The molecular formula is C9H9ClF3NO3. The van der Waals surface area contributed by atoms with Crippen LogP contribution in [0.25, 0.3) is 0 Å². The summed E-state index contributed by atoms with van der Waals surface area (Å²) >= 11 is 5.59. The van der Waals surface area contributed by atoms with Gasteiger partial charge in [-0.15, -0.1) is 24.8 Å². The molecule has 0 spiro atoms. The minimum atomic E-state index is -4.85. The highest BCUT2D eigenvalue weighted by atomic mass is 35.5. The van der Waals surface area contributed by atoms with Crippen molar-refractivity contribution in [3.63, 3.8) is 0 Å². The van der Waals surface area contributed by atoms with E-state index in [1.165, 1.54) is 7.11 Å². The minimum Gasteiger partial charge on any atom is -0.496 e. The van der Waals surface area contributed by atoms with E-state index in [1.54, 1.807) is 0 Å². The van der Waals surface area contributed by atoms with E-state index >= 15 is 0 Å². The van der Waals surface area contributed by atoms with E-state index in [0.29, 0.717) is 5.56 Å². The van der Waals surface area contributed by atoms with Gasteiger partial charge >= 0.3 is 6.36 Å². The van der Waals surface area contributed by atoms with Crippen LogP contribution >= 0.6 is 11.6 Å². The number of alkyl halides is 4. The molecule has 0 unspecified atom stereocenters. The smallest absolute Gasteiger partial charge is 0.496 e. The van der Waals surface area contributed by atoms with E-state index in [0.717, 1.165) is 6.07 Å². The lowest BCUT2D eigenvalue weighted by Crippen LogP contribution is -2.18. The first kappa shape index (κ1) is 13.9. The van der Waals surface area contributed by atoms with Gasteiger partial charge in [0.1, 0.15) is 5.75 Å². The molecule has 1 N–H and O–H groups in total. The van der Waals surface area contributed by atoms with Gasteiger partial charge in [-0.25, -0.2) is 4.98 Å². The maximum atomic E-state index is 12.0. The molecule has 0 aliphatic carbocycles. The van der Waals surface area contributed by atoms with Gasteiger partial charge in [0.15, 0.2) is 0 Å². The molecule has 17 heavy (non-hydrogen) atoms. The zero-order chi connectivity index (χ0) is 13.1. The monoisotopic (exact) mass is 271 g/mol. The third-order valence-electron chi connectivity index (χ3n) is 1.87. The van der Waals surface area contributed by atoms with Gasteiger partial charge in [-0.1, -0.05) is 0 Å². The first-order chi connectivity index (χ1) is 7.91. The Bertz CT molecular complexity index is 373. The number of ether oxygens (including phenoxy) is 2. The third kappa shape index (κ3) is 3.64. The number of aliphatic hydroxyl groups is 1. The van der Waals surface area contributed by atoms with Crippen LogP contribution < -0.4 is 9.47 Å². The van der Waals surface area contributed by atoms with Gasteiger partial charge in [-0.05, 0) is 0 Å². The van der Waals surface area contributed by atoms with E-state index in [9.17, 15) is 13.2 Å². The van der Waals surface area contributed by atoms with Crippen LogP contribution in [0.2, 0.25) is 0 Å². The van der Waals surface area contributed by atoms with Crippen molar-refractivity contribution in [1.29, 1.82) is 0 Å². The molecule has 4 nitrogen and oxygen atoms in total. The van der Waals surface area contributed by atoms with Crippen LogP contribution in [0.15, 0.2) is 6.07 Å². The Morgan fingerprint density at radius 3 is 2.53 bits per heavy atom. The number of halogens is 4. The van der Waals surface area contributed by atoms with Gasteiger partial charge in [-0.3, -0.25) is 0 Å². The second kappa shape index (κ2) is 5.42. The Kier molecular flexibility index (Phi) is 4.41. The average molecular weight is 272 g/mol. The van der Waals surface area contributed by atoms with Crippen LogP contribution in [0.1, 0.15) is 11.3 Å². The van der Waals surface area contributed by atoms with Crippen molar-refractivity contribution in [3.05, 3.63) is 17.3 Å². The van der Waals surface area contributed by atoms with Gasteiger partial charge in [0.05, 0.1) is 25.3 Å². The molecular weight excluding hydrogens is 263 g/mol. The van der Waals surface area contributed by atoms with Gasteiger partial charge in [0.25, 0.3) is 0 Å². The summed E-state index contributed by atoms with van der Waals surface area (Å²) in [5, 5.41) is 8.98. The fraction of sp³-hybridized carbons (Fsp3) is 0.444. The Morgan fingerprint density at radius 1 is 1.47 bits per heavy atom. The van der Waals surface area contributed by atoms with Crippen molar-refractivity contribution in [3.8, 4) is 11.6 Å². The van der Waals surface area contributed by atoms with E-state index < -0.39 is 18.8 Å². The molecule has 0 radical (unpaired) electrons. The zero-order valence-corrected chi connectivity index (χ0v) is 9.47. The molecule has 0 bridgehead atoms. The fourth-order valence-electron chi connectivity index (χ4n) is 1.20. The summed E-state index contributed by atoms with van der Waals surface area (Å²) < 4.78 is 44.5. The highest BCUT2D eigenvalue weighted by molar-refractivity contribution is 6.17. The van der Waals surface area contributed by atoms with Crippen molar-refractivity contribution in [2.45, 2.75) is 18.8 Å². The summed E-state index contributed by atoms with van der Waals surface area (Å²) in [7, 11) is 1.27. The predicted octanol–water partition coefficient (Wildman–Crippen LogP) is 2.22. The summed E-state index contributed by atoms with van der Waals surface area (Å²) in [6, 6.07) is 0.963. The third-order valence-corrected chi connectivity index (χ3v) is 2.14. The van der Waals surface area contributed by atoms with Crippen LogP contribution in [-0.2, 0) is 12.5 Å². The van der Waals surface area contributed by atoms with Crippen LogP contribution in [0.4, 0.5) is 13.2 Å². The number of aliphatic hydroxyl groups excluding tert-OH is 1. The first-order valence-electron chi connectivity index (χ1n) is 4.40. The lowest BCUT2D eigenvalue weighted by Gasteiger charge is -2.13. The number of methoxy groups -OCH3 is 1. The Hall–Kier alpha value is -1.21. The fourth-order valence-corrected chi connectivity index (χ4v) is 1.49. The summed E-state index contributed by atoms with van der Waals surface area (Å²) in [5.74, 6) is -0.663. The number of aromatic nitrogens is 1. The van der Waals surface area contributed by atoms with Crippen molar-refractivity contribution >= 4 is 11.6 Å². The molecule has 0 aromatic carbocycles. The topological polar surface area (TPSA) is 51.6 Å². The standard InChI is InChI=1S/C9H9ClF3NO3/c1-16-7-2-8(17-9(11,12)13)14-6(4-15)5(7)3-10/h2,15H,3-4H2,1H3. The molecule has 0 amide bonds. The van der Waals surface area contributed by atoms with Gasteiger partial charge in [-0.2, -0.15) is 0 Å². The predicted molar refractivity (Wildman–Crippen MR) is 53.0 cm³/mol. The van der Waals surface area contributed by atoms with Gasteiger partial charge in [0, 0.05) is 11.6 Å². The van der Waals surface area contributed by atoms with Crippen molar-refractivity contribution in [2.24, 2.45) is 0 Å². The first-order valence-corrected chi connectivity index (χ1v) is 4.94. The molecule has 1 aromatic heterocycles. The second-order valence-corrected chi connectivity index (χ2v) is 3.19. The Labute approximate surface area is 99.9 Å². The average Bonchev–Trinajstić information content (AvgIpc) is 2.25. The highest BCUT2D eigenvalue weighted by Gasteiger charge is 2.32. The van der Waals surface area contributed by atoms with Crippen molar-refractivity contribution in [2.75, 3.05) is 7.11 Å². The molecule has 8 heteroatoms. The summed E-state index contributed by atoms with van der Waals surface area (Å²) in [5.41, 5.74) is 0.310. The van der Waals surface area contributed by atoms with E-state index in [2.05, 4.69) is 9.72 Å². The number of nitrogens with zero attached hydrogens (tertiary/aromatic N) is 1. The molecule has 0 saturated heterocycles. The molecule has 0 aliphatic heterocycles. The normalized spacial score (nSPS) is 11.4. The largest absolute Gasteiger partial charge is 0.574 e. The lowest BCUT2D eigenvalue weighted by atomic mass is 10.2. The number of pyridine rings is 1. The van der Waals surface area contributed by atoms with Crippen molar-refractivity contribution in [1.82, 2.24) is 4.98 Å². The highest BCUT2D eigenvalue weighted by Crippen LogP contribution is 2.30. The molecule has 0 fully saturated rings. The quantitative estimate of drug-likeness (QED) is 0.853. The maximum absolute atomic E-state index is 12.0. The molecule has 1 heterocycles. The zero-order valence-electron chi connectivity index (χ0n) is 8.71. The molecule has 1 rings (SSSR count). The van der Waals surface area contributed by atoms with Crippen LogP contribution in [0.3, 0.4) is 0 Å². The van der Waals surface area contributed by atoms with Gasteiger partial charge in [0.2, 0.25) is 5.88 Å². The molecule has 0 saturated carbocycles. The second-order valence-electron chi connectivity index (χ2n) is 2.93. The Balaban J connectivity index is 3.18. The van der Waals surface area contributed by atoms with E-state index in [-0.39, 0.29) is 17.3 Å². The van der Waals surface area contributed by atoms with Crippen LogP contribution in [0, 0.1) is 0 Å². The number of hydrogen-bond donors (Lipinski definition) is 1. The molecule has 1 aromatic rings. The minimum absolute atomic E-state index is 0.0152. The lowest BCUT2D eigenvalue weighted by molar-refractivity contribution is -0.276. The van der Waals surface area contributed by atoms with Crippen molar-refractivity contribution < 1.29 is 27.8 Å². The maximum Gasteiger partial charge on any atom is 0.574 e. The molecule has 0 atom stereocenters. The summed E-state index contributed by atoms with van der Waals surface area (Å²) in [4.78, 5) is 3.50. The number of rotatable bonds is 4. The van der Waals surface area contributed by atoms with Crippen LogP contribution in [-0.4, -0.2) is 23.6 Å². The summed E-state index contributed by atoms with van der Waals surface area (Å²) in [6.45, 7) is -0.562. The van der Waals surface area contributed by atoms with Gasteiger partial charge < -0.3 is 14.6 Å². The SMILES string of the molecule is COc1cc(OC(F)(F)F)nc(CO)c1CCl. The molecule has 0 aliphatic rings. The number of hydrogen-bond acceptors (Lipinski definition) is 4. The van der Waals surface area contributed by atoms with E-state index in [4.69, 9.17) is 21.4 Å². The summed E-state index contributed by atoms with van der Waals surface area (Å²) in [6.07, 6.45) is -4.85.